The number of aryl methyl sites for hydroxylation is 1. The Balaban J connectivity index is 1.65. The van der Waals surface area contributed by atoms with Crippen LogP contribution in [-0.2, 0) is 11.2 Å². The van der Waals surface area contributed by atoms with E-state index in [4.69, 9.17) is 11.6 Å². The van der Waals surface area contributed by atoms with Crippen LogP contribution in [0.3, 0.4) is 0 Å². The number of carbonyl (C=O) groups excluding carboxylic acids is 1. The molecular formula is C14H18ClN3O. The van der Waals surface area contributed by atoms with E-state index in [-0.39, 0.29) is 11.9 Å². The number of rotatable bonds is 3. The van der Waals surface area contributed by atoms with Crippen molar-refractivity contribution in [3.63, 3.8) is 0 Å². The van der Waals surface area contributed by atoms with Crippen molar-refractivity contribution in [2.45, 2.75) is 44.2 Å². The third-order valence-corrected chi connectivity index (χ3v) is 4.16. The molecule has 0 aromatic carbocycles. The Hall–Kier alpha value is -1.13. The van der Waals surface area contributed by atoms with Crippen LogP contribution in [0, 0.1) is 0 Å². The molecule has 1 amide bonds. The average molecular weight is 280 g/mol. The molecule has 1 unspecified atom stereocenters. The fourth-order valence-electron chi connectivity index (χ4n) is 2.96. The van der Waals surface area contributed by atoms with Crippen molar-refractivity contribution in [1.82, 2.24) is 15.6 Å². The van der Waals surface area contributed by atoms with Crippen LogP contribution >= 0.6 is 11.6 Å². The fraction of sp³-hybridized carbons (Fsp3) is 0.571. The molecule has 0 spiro atoms. The van der Waals surface area contributed by atoms with E-state index < -0.39 is 0 Å². The molecule has 1 aromatic heterocycles. The molecule has 2 heterocycles. The number of amides is 1. The molecule has 2 aliphatic rings. The maximum Gasteiger partial charge on any atom is 0.220 e. The summed E-state index contributed by atoms with van der Waals surface area (Å²) in [6, 6.07) is 4.55. The first-order valence-electron chi connectivity index (χ1n) is 6.90. The summed E-state index contributed by atoms with van der Waals surface area (Å²) >= 11 is 5.94. The van der Waals surface area contributed by atoms with Gasteiger partial charge in [0.15, 0.2) is 0 Å². The molecule has 1 aliphatic carbocycles. The van der Waals surface area contributed by atoms with Gasteiger partial charge in [-0.25, -0.2) is 4.98 Å². The monoisotopic (exact) mass is 279 g/mol. The fourth-order valence-corrected chi connectivity index (χ4v) is 3.12. The molecule has 3 rings (SSSR count). The van der Waals surface area contributed by atoms with Gasteiger partial charge in [0, 0.05) is 30.7 Å². The molecule has 2 N–H and O–H groups in total. The minimum Gasteiger partial charge on any atom is -0.352 e. The second-order valence-electron chi connectivity index (χ2n) is 5.33. The van der Waals surface area contributed by atoms with Gasteiger partial charge in [0.2, 0.25) is 5.91 Å². The zero-order valence-corrected chi connectivity index (χ0v) is 11.5. The molecule has 1 saturated heterocycles. The van der Waals surface area contributed by atoms with Crippen LogP contribution in [0.5, 0.6) is 0 Å². The van der Waals surface area contributed by atoms with Gasteiger partial charge in [-0.2, -0.15) is 0 Å². The molecule has 102 valence electrons. The van der Waals surface area contributed by atoms with Crippen LogP contribution in [0.15, 0.2) is 12.1 Å². The Labute approximate surface area is 117 Å². The van der Waals surface area contributed by atoms with Gasteiger partial charge in [0.05, 0.1) is 0 Å². The van der Waals surface area contributed by atoms with Crippen LogP contribution in [0.4, 0.5) is 0 Å². The number of nitrogens with one attached hydrogen (secondary N) is 2. The lowest BCUT2D eigenvalue weighted by molar-refractivity contribution is -0.119. The largest absolute Gasteiger partial charge is 0.352 e. The number of hydrogen-bond donors (Lipinski definition) is 2. The topological polar surface area (TPSA) is 54.0 Å². The summed E-state index contributed by atoms with van der Waals surface area (Å²) in [7, 11) is 0. The van der Waals surface area contributed by atoms with Crippen LogP contribution < -0.4 is 10.6 Å². The van der Waals surface area contributed by atoms with Crippen molar-refractivity contribution in [3.05, 3.63) is 28.5 Å². The molecule has 19 heavy (non-hydrogen) atoms. The van der Waals surface area contributed by atoms with Gasteiger partial charge in [-0.05, 0) is 37.3 Å². The number of halogens is 1. The lowest BCUT2D eigenvalue weighted by atomic mass is 9.91. The number of carbonyl (C=O) groups is 1. The van der Waals surface area contributed by atoms with Crippen LogP contribution in [0.25, 0.3) is 0 Å². The van der Waals surface area contributed by atoms with Crippen molar-refractivity contribution in [2.24, 2.45) is 0 Å². The Bertz CT molecular complexity index is 492. The van der Waals surface area contributed by atoms with E-state index in [1.165, 1.54) is 5.56 Å². The van der Waals surface area contributed by atoms with Gasteiger partial charge >= 0.3 is 0 Å². The van der Waals surface area contributed by atoms with E-state index in [0.29, 0.717) is 17.6 Å². The number of pyridine rings is 1. The molecule has 5 heteroatoms. The second kappa shape index (κ2) is 5.47. The zero-order valence-electron chi connectivity index (χ0n) is 10.8. The number of aromatic nitrogens is 1. The van der Waals surface area contributed by atoms with Crippen molar-refractivity contribution in [1.29, 1.82) is 0 Å². The molecule has 2 atom stereocenters. The van der Waals surface area contributed by atoms with Gasteiger partial charge < -0.3 is 10.6 Å². The Morgan fingerprint density at radius 2 is 2.26 bits per heavy atom. The SMILES string of the molecule is O=C1CC[C@@H](CNC2CCCc3nc(Cl)ccc32)N1. The second-order valence-corrected chi connectivity index (χ2v) is 5.71. The van der Waals surface area contributed by atoms with E-state index in [9.17, 15) is 4.79 Å². The first kappa shape index (κ1) is 12.9. The van der Waals surface area contributed by atoms with E-state index in [1.54, 1.807) is 0 Å². The summed E-state index contributed by atoms with van der Waals surface area (Å²) in [5, 5.41) is 7.12. The number of nitrogens with zero attached hydrogens (tertiary/aromatic N) is 1. The van der Waals surface area contributed by atoms with Gasteiger partial charge in [-0.15, -0.1) is 0 Å². The quantitative estimate of drug-likeness (QED) is 0.832. The third-order valence-electron chi connectivity index (χ3n) is 3.95. The number of hydrogen-bond acceptors (Lipinski definition) is 3. The maximum absolute atomic E-state index is 11.2. The smallest absolute Gasteiger partial charge is 0.220 e. The highest BCUT2D eigenvalue weighted by Crippen LogP contribution is 2.29. The third kappa shape index (κ3) is 2.90. The lowest BCUT2D eigenvalue weighted by Crippen LogP contribution is -2.38. The van der Waals surface area contributed by atoms with Crippen molar-refractivity contribution >= 4 is 17.5 Å². The summed E-state index contributed by atoms with van der Waals surface area (Å²) in [6.07, 6.45) is 4.86. The first-order valence-corrected chi connectivity index (χ1v) is 7.28. The molecular weight excluding hydrogens is 262 g/mol. The van der Waals surface area contributed by atoms with Crippen molar-refractivity contribution in [2.75, 3.05) is 6.54 Å². The highest BCUT2D eigenvalue weighted by molar-refractivity contribution is 6.29. The first-order chi connectivity index (χ1) is 9.22. The summed E-state index contributed by atoms with van der Waals surface area (Å²) in [5.41, 5.74) is 2.38. The summed E-state index contributed by atoms with van der Waals surface area (Å²) in [5.74, 6) is 0.171. The summed E-state index contributed by atoms with van der Waals surface area (Å²) < 4.78 is 0. The van der Waals surface area contributed by atoms with Crippen LogP contribution in [-0.4, -0.2) is 23.5 Å². The summed E-state index contributed by atoms with van der Waals surface area (Å²) in [6.45, 7) is 0.832. The molecule has 0 bridgehead atoms. The predicted molar refractivity (Wildman–Crippen MR) is 74.1 cm³/mol. The van der Waals surface area contributed by atoms with Crippen molar-refractivity contribution < 1.29 is 4.79 Å². The Morgan fingerprint density at radius 1 is 1.37 bits per heavy atom. The normalized spacial score (nSPS) is 26.1. The number of fused-ring (bicyclic) bond motifs is 1. The van der Waals surface area contributed by atoms with E-state index >= 15 is 0 Å². The molecule has 1 fully saturated rings. The minimum atomic E-state index is 0.171. The highest BCUT2D eigenvalue weighted by Gasteiger charge is 2.24. The van der Waals surface area contributed by atoms with Crippen molar-refractivity contribution in [3.8, 4) is 0 Å². The van der Waals surface area contributed by atoms with Gasteiger partial charge in [0.1, 0.15) is 5.15 Å². The molecule has 1 aliphatic heterocycles. The predicted octanol–water partition coefficient (Wildman–Crippen LogP) is 1.98. The standard InChI is InChI=1S/C14H18ClN3O/c15-13-6-5-10-11(2-1-3-12(10)18-13)16-8-9-4-7-14(19)17-9/h5-6,9,11,16H,1-4,7-8H2,(H,17,19)/t9-,11?/m0/s1. The lowest BCUT2D eigenvalue weighted by Gasteiger charge is -2.27. The van der Waals surface area contributed by atoms with Crippen LogP contribution in [0.2, 0.25) is 5.15 Å². The molecule has 1 aromatic rings. The van der Waals surface area contributed by atoms with E-state index in [0.717, 1.165) is 37.9 Å². The Kier molecular flexibility index (Phi) is 3.71. The molecule has 4 nitrogen and oxygen atoms in total. The van der Waals surface area contributed by atoms with Crippen LogP contribution in [0.1, 0.15) is 43.0 Å². The van der Waals surface area contributed by atoms with Gasteiger partial charge in [0.25, 0.3) is 0 Å². The van der Waals surface area contributed by atoms with E-state index in [2.05, 4.69) is 21.7 Å². The summed E-state index contributed by atoms with van der Waals surface area (Å²) in [4.78, 5) is 15.6. The minimum absolute atomic E-state index is 0.171. The zero-order chi connectivity index (χ0) is 13.2. The highest BCUT2D eigenvalue weighted by atomic mass is 35.5. The van der Waals surface area contributed by atoms with Gasteiger partial charge in [-0.3, -0.25) is 4.79 Å². The molecule has 0 radical (unpaired) electrons. The Morgan fingerprint density at radius 3 is 3.05 bits per heavy atom. The van der Waals surface area contributed by atoms with Gasteiger partial charge in [-0.1, -0.05) is 17.7 Å². The maximum atomic E-state index is 11.2. The van der Waals surface area contributed by atoms with E-state index in [1.807, 2.05) is 6.07 Å². The molecule has 0 saturated carbocycles. The average Bonchev–Trinajstić information content (AvgIpc) is 2.81.